The number of benzene rings is 2. The van der Waals surface area contributed by atoms with Gasteiger partial charge in [-0.1, -0.05) is 18.2 Å². The number of pyridine rings is 1. The number of carbonyl (C=O) groups is 1. The topological polar surface area (TPSA) is 69.0 Å². The largest absolute Gasteiger partial charge is 0.322 e. The molecule has 146 valence electrons. The summed E-state index contributed by atoms with van der Waals surface area (Å²) in [5.41, 5.74) is 3.05. The van der Waals surface area contributed by atoms with E-state index in [4.69, 9.17) is 10.2 Å². The Hall–Kier alpha value is -3.37. The van der Waals surface area contributed by atoms with E-state index in [9.17, 15) is 13.6 Å². The third-order valence-corrected chi connectivity index (χ3v) is 5.07. The predicted molar refractivity (Wildman–Crippen MR) is 105 cm³/mol. The zero-order valence-corrected chi connectivity index (χ0v) is 15.6. The molecular formula is C22H18F2N4O. The Morgan fingerprint density at radius 1 is 1.21 bits per heavy atom. The van der Waals surface area contributed by atoms with Crippen molar-refractivity contribution in [2.45, 2.75) is 19.4 Å². The average Bonchev–Trinajstić information content (AvgIpc) is 2.73. The van der Waals surface area contributed by atoms with E-state index in [0.29, 0.717) is 42.4 Å². The van der Waals surface area contributed by atoms with Crippen molar-refractivity contribution in [1.82, 2.24) is 9.88 Å². The van der Waals surface area contributed by atoms with Crippen LogP contribution in [-0.4, -0.2) is 28.9 Å². The van der Waals surface area contributed by atoms with Crippen molar-refractivity contribution in [3.8, 4) is 6.07 Å². The minimum absolute atomic E-state index is 0.181. The number of para-hydroxylation sites is 1. The molecule has 2 aromatic carbocycles. The third-order valence-electron chi connectivity index (χ3n) is 5.07. The van der Waals surface area contributed by atoms with Crippen LogP contribution >= 0.6 is 0 Å². The minimum Gasteiger partial charge on any atom is -0.322 e. The van der Waals surface area contributed by atoms with E-state index in [1.807, 2.05) is 24.3 Å². The lowest BCUT2D eigenvalue weighted by Crippen LogP contribution is -2.33. The number of hydrogen-bond acceptors (Lipinski definition) is 4. The number of amides is 1. The van der Waals surface area contributed by atoms with Gasteiger partial charge in [-0.05, 0) is 18.2 Å². The monoisotopic (exact) mass is 392 g/mol. The lowest BCUT2D eigenvalue weighted by atomic mass is 9.95. The number of nitrogens with one attached hydrogen (secondary N) is 1. The second-order valence-corrected chi connectivity index (χ2v) is 6.95. The second kappa shape index (κ2) is 7.94. The minimum atomic E-state index is -1.02. The van der Waals surface area contributed by atoms with E-state index in [-0.39, 0.29) is 5.69 Å². The predicted octanol–water partition coefficient (Wildman–Crippen LogP) is 4.04. The highest BCUT2D eigenvalue weighted by Gasteiger charge is 2.25. The van der Waals surface area contributed by atoms with Crippen LogP contribution in [0.2, 0.25) is 0 Å². The standard InChI is InChI=1S/C22H18F2N4O/c23-17-7-6-14(12-18(17)24)26-22(29)21-15-4-1-2-5-19(15)27-20-8-11-28(10-3-9-25)13-16(20)21/h1-2,4-7,12H,3,8,10-11,13H2,(H,26,29). The van der Waals surface area contributed by atoms with Gasteiger partial charge in [0.05, 0.1) is 17.1 Å². The molecule has 1 aliphatic rings. The van der Waals surface area contributed by atoms with Gasteiger partial charge in [-0.15, -0.1) is 0 Å². The Balaban J connectivity index is 1.76. The first-order valence-corrected chi connectivity index (χ1v) is 9.33. The molecule has 0 radical (unpaired) electrons. The quantitative estimate of drug-likeness (QED) is 0.728. The van der Waals surface area contributed by atoms with Crippen LogP contribution in [0.4, 0.5) is 14.5 Å². The number of carbonyl (C=O) groups excluding carboxylic acids is 1. The molecule has 3 aromatic rings. The first-order chi connectivity index (χ1) is 14.1. The van der Waals surface area contributed by atoms with Crippen LogP contribution in [0.25, 0.3) is 10.9 Å². The maximum Gasteiger partial charge on any atom is 0.256 e. The van der Waals surface area contributed by atoms with Crippen molar-refractivity contribution in [2.24, 2.45) is 0 Å². The number of fused-ring (bicyclic) bond motifs is 2. The van der Waals surface area contributed by atoms with Crippen LogP contribution in [0, 0.1) is 23.0 Å². The Bertz CT molecular complexity index is 1140. The van der Waals surface area contributed by atoms with Gasteiger partial charge in [0, 0.05) is 60.9 Å². The van der Waals surface area contributed by atoms with Gasteiger partial charge < -0.3 is 5.32 Å². The number of rotatable bonds is 4. The van der Waals surface area contributed by atoms with Gasteiger partial charge in [0.25, 0.3) is 5.91 Å². The van der Waals surface area contributed by atoms with E-state index < -0.39 is 17.5 Å². The maximum atomic E-state index is 13.6. The molecule has 1 aromatic heterocycles. The highest BCUT2D eigenvalue weighted by molar-refractivity contribution is 6.13. The molecule has 0 saturated heterocycles. The van der Waals surface area contributed by atoms with Gasteiger partial charge in [0.2, 0.25) is 0 Å². The zero-order chi connectivity index (χ0) is 20.4. The molecular weight excluding hydrogens is 374 g/mol. The van der Waals surface area contributed by atoms with Crippen molar-refractivity contribution < 1.29 is 13.6 Å². The average molecular weight is 392 g/mol. The summed E-state index contributed by atoms with van der Waals surface area (Å²) in [4.78, 5) is 20.0. The van der Waals surface area contributed by atoms with Crippen LogP contribution < -0.4 is 5.32 Å². The van der Waals surface area contributed by atoms with Gasteiger partial charge in [-0.2, -0.15) is 5.26 Å². The third kappa shape index (κ3) is 3.80. The molecule has 5 nitrogen and oxygen atoms in total. The van der Waals surface area contributed by atoms with E-state index in [1.165, 1.54) is 6.07 Å². The Labute approximate surface area is 166 Å². The molecule has 0 fully saturated rings. The molecule has 2 heterocycles. The van der Waals surface area contributed by atoms with Crippen molar-refractivity contribution in [3.05, 3.63) is 70.9 Å². The fourth-order valence-electron chi connectivity index (χ4n) is 3.67. The highest BCUT2D eigenvalue weighted by atomic mass is 19.2. The molecule has 0 aliphatic carbocycles. The summed E-state index contributed by atoms with van der Waals surface area (Å²) in [5, 5.41) is 12.3. The van der Waals surface area contributed by atoms with Gasteiger partial charge in [-0.3, -0.25) is 14.7 Å². The van der Waals surface area contributed by atoms with Gasteiger partial charge in [-0.25, -0.2) is 8.78 Å². The second-order valence-electron chi connectivity index (χ2n) is 6.95. The smallest absolute Gasteiger partial charge is 0.256 e. The maximum absolute atomic E-state index is 13.6. The summed E-state index contributed by atoms with van der Waals surface area (Å²) < 4.78 is 26.8. The fraction of sp³-hybridized carbons (Fsp3) is 0.227. The van der Waals surface area contributed by atoms with Crippen molar-refractivity contribution >= 4 is 22.5 Å². The normalized spacial score (nSPS) is 13.7. The number of hydrogen-bond donors (Lipinski definition) is 1. The number of nitriles is 1. The molecule has 0 saturated carbocycles. The van der Waals surface area contributed by atoms with Gasteiger partial charge in [0.1, 0.15) is 0 Å². The first kappa shape index (κ1) is 19.0. The first-order valence-electron chi connectivity index (χ1n) is 9.33. The number of aromatic nitrogens is 1. The fourth-order valence-corrected chi connectivity index (χ4v) is 3.67. The molecule has 29 heavy (non-hydrogen) atoms. The van der Waals surface area contributed by atoms with Gasteiger partial charge >= 0.3 is 0 Å². The summed E-state index contributed by atoms with van der Waals surface area (Å²) in [6.07, 6.45) is 1.09. The molecule has 1 N–H and O–H groups in total. The van der Waals surface area contributed by atoms with Crippen LogP contribution in [-0.2, 0) is 13.0 Å². The van der Waals surface area contributed by atoms with Crippen molar-refractivity contribution in [1.29, 1.82) is 5.26 Å². The van der Waals surface area contributed by atoms with Crippen LogP contribution in [0.5, 0.6) is 0 Å². The molecule has 0 unspecified atom stereocenters. The summed E-state index contributed by atoms with van der Waals surface area (Å²) in [7, 11) is 0. The van der Waals surface area contributed by atoms with Crippen LogP contribution in [0.1, 0.15) is 28.0 Å². The SMILES string of the molecule is N#CCCN1CCc2nc3ccccc3c(C(=O)Nc3ccc(F)c(F)c3)c2C1. The molecule has 0 bridgehead atoms. The van der Waals surface area contributed by atoms with E-state index in [2.05, 4.69) is 16.3 Å². The van der Waals surface area contributed by atoms with E-state index in [1.54, 1.807) is 0 Å². The summed E-state index contributed by atoms with van der Waals surface area (Å²) in [6.45, 7) is 1.90. The zero-order valence-electron chi connectivity index (χ0n) is 15.6. The van der Waals surface area contributed by atoms with Crippen molar-refractivity contribution in [2.75, 3.05) is 18.4 Å². The van der Waals surface area contributed by atoms with Crippen LogP contribution in [0.3, 0.4) is 0 Å². The Morgan fingerprint density at radius 3 is 2.83 bits per heavy atom. The lowest BCUT2D eigenvalue weighted by molar-refractivity contribution is 0.102. The molecule has 4 rings (SSSR count). The molecule has 0 atom stereocenters. The molecule has 1 aliphatic heterocycles. The summed E-state index contributed by atoms with van der Waals surface area (Å²) in [5.74, 6) is -2.39. The van der Waals surface area contributed by atoms with E-state index >= 15 is 0 Å². The van der Waals surface area contributed by atoms with E-state index in [0.717, 1.165) is 29.9 Å². The Kier molecular flexibility index (Phi) is 5.19. The molecule has 7 heteroatoms. The molecule has 0 spiro atoms. The van der Waals surface area contributed by atoms with Gasteiger partial charge in [0.15, 0.2) is 11.6 Å². The summed E-state index contributed by atoms with van der Waals surface area (Å²) in [6, 6.07) is 12.8. The number of anilines is 1. The number of nitrogens with zero attached hydrogens (tertiary/aromatic N) is 3. The lowest BCUT2D eigenvalue weighted by Gasteiger charge is -2.29. The highest BCUT2D eigenvalue weighted by Crippen LogP contribution is 2.29. The number of halogens is 2. The molecule has 1 amide bonds. The van der Waals surface area contributed by atoms with Crippen molar-refractivity contribution in [3.63, 3.8) is 0 Å². The summed E-state index contributed by atoms with van der Waals surface area (Å²) >= 11 is 0. The Morgan fingerprint density at radius 2 is 2.03 bits per heavy atom. The van der Waals surface area contributed by atoms with Crippen LogP contribution in [0.15, 0.2) is 42.5 Å².